The van der Waals surface area contributed by atoms with Gasteiger partial charge in [-0.1, -0.05) is 19.6 Å². The zero-order valence-electron chi connectivity index (χ0n) is 9.73. The number of ether oxygens (including phenoxy) is 1. The Morgan fingerprint density at radius 3 is 2.73 bits per heavy atom. The number of aliphatic hydroxyl groups excluding tert-OH is 1. The molecule has 0 aliphatic carbocycles. The summed E-state index contributed by atoms with van der Waals surface area (Å²) in [7, 11) is -0.992. The minimum atomic E-state index is -0.992. The zero-order valence-corrected chi connectivity index (χ0v) is 10.7. The van der Waals surface area contributed by atoms with E-state index in [1.807, 2.05) is 0 Å². The van der Waals surface area contributed by atoms with Crippen LogP contribution in [0.5, 0.6) is 0 Å². The highest BCUT2D eigenvalue weighted by Gasteiger charge is 2.11. The Balaban J connectivity index is 2.20. The maximum atomic E-state index is 8.84. The smallest absolute Gasteiger partial charge is 0.139 e. The molecule has 1 aromatic rings. The van der Waals surface area contributed by atoms with Gasteiger partial charge in [0.05, 0.1) is 12.8 Å². The highest BCUT2D eigenvalue weighted by molar-refractivity contribution is 6.76. The molecule has 0 aliphatic rings. The van der Waals surface area contributed by atoms with E-state index in [1.54, 1.807) is 17.1 Å². The van der Waals surface area contributed by atoms with Crippen LogP contribution in [0.2, 0.25) is 25.7 Å². The lowest BCUT2D eigenvalue weighted by Crippen LogP contribution is -2.22. The van der Waals surface area contributed by atoms with Gasteiger partial charge in [-0.25, -0.2) is 4.68 Å². The molecule has 15 heavy (non-hydrogen) atoms. The average molecular weight is 228 g/mol. The predicted octanol–water partition coefficient (Wildman–Crippen LogP) is 1.69. The van der Waals surface area contributed by atoms with Gasteiger partial charge in [-0.15, -0.1) is 0 Å². The van der Waals surface area contributed by atoms with E-state index in [0.717, 1.165) is 12.2 Å². The van der Waals surface area contributed by atoms with Crippen LogP contribution in [0.3, 0.4) is 0 Å². The maximum Gasteiger partial charge on any atom is 0.139 e. The van der Waals surface area contributed by atoms with Crippen LogP contribution in [-0.2, 0) is 18.1 Å². The van der Waals surface area contributed by atoms with E-state index < -0.39 is 8.07 Å². The Hall–Kier alpha value is -0.653. The molecule has 0 saturated carbocycles. The molecule has 0 saturated heterocycles. The third kappa shape index (κ3) is 5.11. The number of hydrogen-bond acceptors (Lipinski definition) is 3. The Bertz CT molecular complexity index is 294. The van der Waals surface area contributed by atoms with E-state index in [-0.39, 0.29) is 6.61 Å². The quantitative estimate of drug-likeness (QED) is 0.595. The third-order valence-electron chi connectivity index (χ3n) is 2.09. The Morgan fingerprint density at radius 1 is 1.47 bits per heavy atom. The number of aliphatic hydroxyl groups is 1. The molecule has 0 radical (unpaired) electrons. The first-order valence-corrected chi connectivity index (χ1v) is 8.92. The van der Waals surface area contributed by atoms with Gasteiger partial charge in [0.2, 0.25) is 0 Å². The molecular weight excluding hydrogens is 208 g/mol. The third-order valence-corrected chi connectivity index (χ3v) is 3.79. The fraction of sp³-hybridized carbons (Fsp3) is 0.700. The summed E-state index contributed by atoms with van der Waals surface area (Å²) in [4.78, 5) is 0. The van der Waals surface area contributed by atoms with Crippen molar-refractivity contribution in [1.82, 2.24) is 9.78 Å². The van der Waals surface area contributed by atoms with Gasteiger partial charge in [0.15, 0.2) is 0 Å². The second-order valence-electron chi connectivity index (χ2n) is 4.89. The van der Waals surface area contributed by atoms with Gasteiger partial charge in [-0.2, -0.15) is 5.10 Å². The lowest BCUT2D eigenvalue weighted by atomic mass is 10.4. The average Bonchev–Trinajstić information content (AvgIpc) is 2.59. The SMILES string of the molecule is C[Si](C)(C)CCOCn1cc(CO)cn1. The van der Waals surface area contributed by atoms with E-state index in [2.05, 4.69) is 24.7 Å². The Labute approximate surface area is 91.9 Å². The molecule has 1 aromatic heterocycles. The number of rotatable bonds is 6. The minimum Gasteiger partial charge on any atom is -0.392 e. The minimum absolute atomic E-state index is 0.0366. The molecule has 0 fully saturated rings. The first-order chi connectivity index (χ1) is 7.01. The van der Waals surface area contributed by atoms with E-state index in [4.69, 9.17) is 9.84 Å². The topological polar surface area (TPSA) is 47.3 Å². The van der Waals surface area contributed by atoms with Gasteiger partial charge in [0.25, 0.3) is 0 Å². The van der Waals surface area contributed by atoms with Crippen molar-refractivity contribution in [2.75, 3.05) is 6.61 Å². The van der Waals surface area contributed by atoms with Gasteiger partial charge in [0.1, 0.15) is 6.73 Å². The highest BCUT2D eigenvalue weighted by atomic mass is 28.3. The standard InChI is InChI=1S/C10H20N2O2Si/c1-15(2,3)5-4-14-9-12-7-10(8-13)6-11-12/h6-7,13H,4-5,8-9H2,1-3H3. The van der Waals surface area contributed by atoms with Crippen LogP contribution in [-0.4, -0.2) is 29.6 Å². The van der Waals surface area contributed by atoms with Crippen LogP contribution >= 0.6 is 0 Å². The van der Waals surface area contributed by atoms with Crippen LogP contribution in [0.15, 0.2) is 12.4 Å². The van der Waals surface area contributed by atoms with Crippen molar-refractivity contribution in [3.05, 3.63) is 18.0 Å². The van der Waals surface area contributed by atoms with Gasteiger partial charge >= 0.3 is 0 Å². The van der Waals surface area contributed by atoms with Crippen molar-refractivity contribution in [2.45, 2.75) is 39.0 Å². The summed E-state index contributed by atoms with van der Waals surface area (Å²) >= 11 is 0. The van der Waals surface area contributed by atoms with Crippen LogP contribution in [0.1, 0.15) is 5.56 Å². The Morgan fingerprint density at radius 2 is 2.20 bits per heavy atom. The summed E-state index contributed by atoms with van der Waals surface area (Å²) in [5.74, 6) is 0. The molecule has 0 spiro atoms. The summed E-state index contributed by atoms with van der Waals surface area (Å²) in [6, 6.07) is 1.17. The number of hydrogen-bond donors (Lipinski definition) is 1. The summed E-state index contributed by atoms with van der Waals surface area (Å²) in [6.45, 7) is 8.29. The van der Waals surface area contributed by atoms with Crippen molar-refractivity contribution in [1.29, 1.82) is 0 Å². The monoisotopic (exact) mass is 228 g/mol. The van der Waals surface area contributed by atoms with Crippen LogP contribution in [0, 0.1) is 0 Å². The molecule has 0 amide bonds. The van der Waals surface area contributed by atoms with E-state index in [1.165, 1.54) is 6.04 Å². The van der Waals surface area contributed by atoms with Crippen LogP contribution in [0.4, 0.5) is 0 Å². The van der Waals surface area contributed by atoms with Crippen LogP contribution < -0.4 is 0 Å². The van der Waals surface area contributed by atoms with Crippen LogP contribution in [0.25, 0.3) is 0 Å². The summed E-state index contributed by atoms with van der Waals surface area (Å²) in [6.07, 6.45) is 3.45. The molecule has 0 bridgehead atoms. The zero-order chi connectivity index (χ0) is 11.3. The molecule has 1 rings (SSSR count). The molecule has 0 aromatic carbocycles. The van der Waals surface area contributed by atoms with Crippen molar-refractivity contribution < 1.29 is 9.84 Å². The summed E-state index contributed by atoms with van der Waals surface area (Å²) in [5, 5.41) is 12.9. The van der Waals surface area contributed by atoms with Crippen molar-refractivity contribution >= 4 is 8.07 Å². The molecule has 86 valence electrons. The molecule has 0 atom stereocenters. The van der Waals surface area contributed by atoms with Gasteiger partial charge < -0.3 is 9.84 Å². The van der Waals surface area contributed by atoms with E-state index in [9.17, 15) is 0 Å². The number of nitrogens with zero attached hydrogens (tertiary/aromatic N) is 2. The largest absolute Gasteiger partial charge is 0.392 e. The maximum absolute atomic E-state index is 8.84. The lowest BCUT2D eigenvalue weighted by molar-refractivity contribution is 0.0784. The Kier molecular flexibility index (Phi) is 4.50. The molecule has 0 unspecified atom stereocenters. The first kappa shape index (κ1) is 12.4. The van der Waals surface area contributed by atoms with E-state index in [0.29, 0.717) is 6.73 Å². The van der Waals surface area contributed by atoms with Gasteiger partial charge in [-0.3, -0.25) is 0 Å². The van der Waals surface area contributed by atoms with Gasteiger partial charge in [0, 0.05) is 26.4 Å². The molecule has 0 aliphatic heterocycles. The molecule has 1 heterocycles. The molecule has 4 nitrogen and oxygen atoms in total. The summed E-state index contributed by atoms with van der Waals surface area (Å²) in [5.41, 5.74) is 0.823. The second-order valence-corrected chi connectivity index (χ2v) is 10.5. The van der Waals surface area contributed by atoms with Gasteiger partial charge in [-0.05, 0) is 6.04 Å². The fourth-order valence-electron chi connectivity index (χ4n) is 1.10. The number of aromatic nitrogens is 2. The normalized spacial score (nSPS) is 12.0. The highest BCUT2D eigenvalue weighted by Crippen LogP contribution is 2.07. The predicted molar refractivity (Wildman–Crippen MR) is 62.3 cm³/mol. The first-order valence-electron chi connectivity index (χ1n) is 5.21. The van der Waals surface area contributed by atoms with Crippen molar-refractivity contribution in [2.24, 2.45) is 0 Å². The van der Waals surface area contributed by atoms with Crippen molar-refractivity contribution in [3.63, 3.8) is 0 Å². The fourth-order valence-corrected chi connectivity index (χ4v) is 1.85. The van der Waals surface area contributed by atoms with Crippen molar-refractivity contribution in [3.8, 4) is 0 Å². The summed E-state index contributed by atoms with van der Waals surface area (Å²) < 4.78 is 7.21. The molecule has 5 heteroatoms. The lowest BCUT2D eigenvalue weighted by Gasteiger charge is -2.15. The molecular formula is C10H20N2O2Si. The second kappa shape index (κ2) is 5.44. The van der Waals surface area contributed by atoms with E-state index >= 15 is 0 Å². The molecule has 1 N–H and O–H groups in total.